The van der Waals surface area contributed by atoms with E-state index in [-0.39, 0.29) is 29.3 Å². The molecule has 0 aliphatic heterocycles. The third kappa shape index (κ3) is 4.02. The van der Waals surface area contributed by atoms with Crippen LogP contribution in [0.5, 0.6) is 0 Å². The number of halogens is 1. The minimum atomic E-state index is -0.303. The molecule has 0 amide bonds. The second kappa shape index (κ2) is 8.10. The molecule has 0 saturated carbocycles. The SMILES string of the molecule is Cc1cc(C)c(C2=C(O)CC(C(C)n3cc(-c4ccc(F)cc4)nn3)CC2=O)c(C)c1. The van der Waals surface area contributed by atoms with Crippen molar-refractivity contribution in [1.29, 1.82) is 0 Å². The number of benzene rings is 2. The van der Waals surface area contributed by atoms with Gasteiger partial charge in [0.25, 0.3) is 0 Å². The minimum absolute atomic E-state index is 0.0467. The average Bonchev–Trinajstić information content (AvgIpc) is 3.19. The summed E-state index contributed by atoms with van der Waals surface area (Å²) in [6.07, 6.45) is 2.53. The number of aliphatic hydroxyl groups is 1. The fraction of sp³-hybridized carbons (Fsp3) is 0.320. The topological polar surface area (TPSA) is 68.0 Å². The van der Waals surface area contributed by atoms with Gasteiger partial charge < -0.3 is 5.11 Å². The molecular weight excluding hydrogens is 393 g/mol. The smallest absolute Gasteiger partial charge is 0.167 e. The maximum Gasteiger partial charge on any atom is 0.167 e. The molecule has 2 unspecified atom stereocenters. The zero-order valence-corrected chi connectivity index (χ0v) is 18.2. The van der Waals surface area contributed by atoms with Gasteiger partial charge in [0.1, 0.15) is 17.3 Å². The van der Waals surface area contributed by atoms with Crippen molar-refractivity contribution in [2.75, 3.05) is 0 Å². The lowest BCUT2D eigenvalue weighted by Gasteiger charge is -2.29. The van der Waals surface area contributed by atoms with Crippen LogP contribution in [0.4, 0.5) is 4.39 Å². The lowest BCUT2D eigenvalue weighted by atomic mass is 9.79. The first-order valence-corrected chi connectivity index (χ1v) is 10.5. The number of aryl methyl sites for hydroxylation is 3. The number of allylic oxidation sites excluding steroid dienone is 2. The summed E-state index contributed by atoms with van der Waals surface area (Å²) in [5.41, 5.74) is 5.84. The van der Waals surface area contributed by atoms with Gasteiger partial charge in [-0.2, -0.15) is 0 Å². The Labute approximate surface area is 181 Å². The van der Waals surface area contributed by atoms with Gasteiger partial charge in [-0.3, -0.25) is 4.79 Å². The van der Waals surface area contributed by atoms with Crippen LogP contribution in [0.15, 0.2) is 48.4 Å². The van der Waals surface area contributed by atoms with Gasteiger partial charge in [0, 0.05) is 18.4 Å². The van der Waals surface area contributed by atoms with E-state index in [2.05, 4.69) is 10.3 Å². The van der Waals surface area contributed by atoms with Crippen molar-refractivity contribution in [2.24, 2.45) is 5.92 Å². The highest BCUT2D eigenvalue weighted by Gasteiger charge is 2.34. The van der Waals surface area contributed by atoms with E-state index in [0.29, 0.717) is 24.1 Å². The highest BCUT2D eigenvalue weighted by molar-refractivity contribution is 6.22. The number of aliphatic hydroxyl groups excluding tert-OH is 1. The average molecular weight is 420 g/mol. The van der Waals surface area contributed by atoms with Crippen LogP contribution in [-0.4, -0.2) is 25.9 Å². The molecule has 1 aliphatic carbocycles. The van der Waals surface area contributed by atoms with Crippen molar-refractivity contribution in [1.82, 2.24) is 15.0 Å². The maximum atomic E-state index is 13.2. The Morgan fingerprint density at radius 2 is 1.74 bits per heavy atom. The number of hydrogen-bond acceptors (Lipinski definition) is 4. The Morgan fingerprint density at radius 3 is 2.35 bits per heavy atom. The molecule has 1 N–H and O–H groups in total. The van der Waals surface area contributed by atoms with E-state index in [1.54, 1.807) is 23.0 Å². The molecule has 31 heavy (non-hydrogen) atoms. The van der Waals surface area contributed by atoms with Crippen LogP contribution in [0.1, 0.15) is 48.1 Å². The monoisotopic (exact) mass is 419 g/mol. The van der Waals surface area contributed by atoms with Gasteiger partial charge in [0.15, 0.2) is 5.78 Å². The van der Waals surface area contributed by atoms with Gasteiger partial charge >= 0.3 is 0 Å². The molecule has 3 aromatic rings. The number of rotatable bonds is 4. The van der Waals surface area contributed by atoms with E-state index in [0.717, 1.165) is 27.8 Å². The maximum absolute atomic E-state index is 13.2. The van der Waals surface area contributed by atoms with Gasteiger partial charge in [-0.05, 0) is 74.6 Å². The largest absolute Gasteiger partial charge is 0.512 e. The summed E-state index contributed by atoms with van der Waals surface area (Å²) < 4.78 is 14.9. The van der Waals surface area contributed by atoms with Crippen LogP contribution in [0.25, 0.3) is 16.8 Å². The van der Waals surface area contributed by atoms with Crippen molar-refractivity contribution in [3.05, 3.63) is 76.4 Å². The lowest BCUT2D eigenvalue weighted by molar-refractivity contribution is -0.115. The number of aromatic nitrogens is 3. The van der Waals surface area contributed by atoms with E-state index >= 15 is 0 Å². The Hall–Kier alpha value is -3.28. The van der Waals surface area contributed by atoms with Crippen molar-refractivity contribution >= 4 is 11.4 Å². The molecule has 1 heterocycles. The molecule has 0 fully saturated rings. The number of carbonyl (C=O) groups excluding carboxylic acids is 1. The van der Waals surface area contributed by atoms with E-state index in [9.17, 15) is 14.3 Å². The highest BCUT2D eigenvalue weighted by atomic mass is 19.1. The summed E-state index contributed by atoms with van der Waals surface area (Å²) in [5.74, 6) is -0.302. The molecule has 0 bridgehead atoms. The van der Waals surface area contributed by atoms with Gasteiger partial charge in [-0.25, -0.2) is 9.07 Å². The summed E-state index contributed by atoms with van der Waals surface area (Å²) in [6, 6.07) is 10.0. The van der Waals surface area contributed by atoms with Crippen LogP contribution >= 0.6 is 0 Å². The van der Waals surface area contributed by atoms with Crippen LogP contribution in [0, 0.1) is 32.5 Å². The molecular formula is C25H26FN3O2. The van der Waals surface area contributed by atoms with Crippen LogP contribution < -0.4 is 0 Å². The Bertz CT molecular complexity index is 1150. The fourth-order valence-electron chi connectivity index (χ4n) is 4.57. The highest BCUT2D eigenvalue weighted by Crippen LogP contribution is 2.39. The Balaban J connectivity index is 1.59. The van der Waals surface area contributed by atoms with Crippen LogP contribution in [0.3, 0.4) is 0 Å². The lowest BCUT2D eigenvalue weighted by Crippen LogP contribution is -2.26. The standard InChI is InChI=1S/C25H26FN3O2/c1-14-9-15(2)24(16(3)10-14)25-22(30)11-19(12-23(25)31)17(4)29-13-21(27-28-29)18-5-7-20(26)8-6-18/h5-10,13,17,19,30H,11-12H2,1-4H3. The van der Waals surface area contributed by atoms with Crippen molar-refractivity contribution in [3.8, 4) is 11.3 Å². The first-order valence-electron chi connectivity index (χ1n) is 10.5. The predicted molar refractivity (Wildman–Crippen MR) is 118 cm³/mol. The van der Waals surface area contributed by atoms with Gasteiger partial charge in [-0.1, -0.05) is 22.9 Å². The molecule has 2 atom stereocenters. The molecule has 5 nitrogen and oxygen atoms in total. The molecule has 1 aromatic heterocycles. The van der Waals surface area contributed by atoms with Gasteiger partial charge in [0.05, 0.1) is 17.8 Å². The van der Waals surface area contributed by atoms with Crippen LogP contribution in [0.2, 0.25) is 0 Å². The third-order valence-corrected chi connectivity index (χ3v) is 6.15. The molecule has 0 saturated heterocycles. The van der Waals surface area contributed by atoms with E-state index < -0.39 is 0 Å². The number of Topliss-reactive ketones (excluding diaryl/α,β-unsaturated/α-hetero) is 1. The number of carbonyl (C=O) groups is 1. The number of nitrogens with zero attached hydrogens (tertiary/aromatic N) is 3. The minimum Gasteiger partial charge on any atom is -0.512 e. The van der Waals surface area contributed by atoms with Gasteiger partial charge in [-0.15, -0.1) is 5.10 Å². The molecule has 4 rings (SSSR count). The summed E-state index contributed by atoms with van der Waals surface area (Å²) in [5, 5.41) is 19.3. The molecule has 6 heteroatoms. The van der Waals surface area contributed by atoms with Gasteiger partial charge in [0.2, 0.25) is 0 Å². The van der Waals surface area contributed by atoms with Crippen molar-refractivity contribution in [2.45, 2.75) is 46.6 Å². The summed E-state index contributed by atoms with van der Waals surface area (Å²) in [7, 11) is 0. The van der Waals surface area contributed by atoms with Crippen molar-refractivity contribution < 1.29 is 14.3 Å². The summed E-state index contributed by atoms with van der Waals surface area (Å²) in [4.78, 5) is 13.1. The molecule has 0 radical (unpaired) electrons. The second-order valence-corrected chi connectivity index (χ2v) is 8.52. The number of hydrogen-bond donors (Lipinski definition) is 1. The summed E-state index contributed by atoms with van der Waals surface area (Å²) >= 11 is 0. The normalized spacial score (nSPS) is 17.8. The first-order chi connectivity index (χ1) is 14.7. The quantitative estimate of drug-likeness (QED) is 0.605. The molecule has 0 spiro atoms. The molecule has 1 aliphatic rings. The Kier molecular flexibility index (Phi) is 5.48. The Morgan fingerprint density at radius 1 is 1.10 bits per heavy atom. The zero-order valence-electron chi connectivity index (χ0n) is 18.2. The van der Waals surface area contributed by atoms with E-state index in [1.807, 2.05) is 39.8 Å². The van der Waals surface area contributed by atoms with E-state index in [4.69, 9.17) is 0 Å². The number of ketones is 1. The second-order valence-electron chi connectivity index (χ2n) is 8.52. The molecule has 160 valence electrons. The third-order valence-electron chi connectivity index (χ3n) is 6.15. The van der Waals surface area contributed by atoms with Crippen molar-refractivity contribution in [3.63, 3.8) is 0 Å². The predicted octanol–water partition coefficient (Wildman–Crippen LogP) is 5.52. The first kappa shape index (κ1) is 21.0. The zero-order chi connectivity index (χ0) is 22.3. The van der Waals surface area contributed by atoms with E-state index in [1.165, 1.54) is 12.1 Å². The molecule has 2 aromatic carbocycles. The summed E-state index contributed by atoms with van der Waals surface area (Å²) in [6.45, 7) is 7.95. The van der Waals surface area contributed by atoms with Crippen LogP contribution in [-0.2, 0) is 4.79 Å². The fourth-order valence-corrected chi connectivity index (χ4v) is 4.57.